The van der Waals surface area contributed by atoms with Crippen molar-refractivity contribution in [1.29, 1.82) is 0 Å². The molecule has 0 bridgehead atoms. The maximum Gasteiger partial charge on any atom is 0.247 e. The first kappa shape index (κ1) is 22.8. The van der Waals surface area contributed by atoms with E-state index in [0.29, 0.717) is 18.2 Å². The van der Waals surface area contributed by atoms with E-state index >= 15 is 0 Å². The number of unbranched alkanes of at least 4 members (excludes halogenated alkanes) is 2. The van der Waals surface area contributed by atoms with Crippen molar-refractivity contribution in [3.8, 4) is 0 Å². The van der Waals surface area contributed by atoms with Crippen molar-refractivity contribution < 1.29 is 9.63 Å². The number of oxime groups is 1. The molecule has 0 aliphatic heterocycles. The molecule has 0 aromatic heterocycles. The molecule has 1 amide bonds. The number of rotatable bonds is 13. The number of nitrogens with zero attached hydrogens (tertiary/aromatic N) is 2. The summed E-state index contributed by atoms with van der Waals surface area (Å²) in [5.41, 5.74) is 0.741. The average Bonchev–Trinajstić information content (AvgIpc) is 2.68. The third-order valence-electron chi connectivity index (χ3n) is 4.17. The number of carbonyl (C=O) groups is 1. The van der Waals surface area contributed by atoms with Crippen molar-refractivity contribution in [2.45, 2.75) is 57.7 Å². The summed E-state index contributed by atoms with van der Waals surface area (Å²) < 4.78 is 0. The Labute approximate surface area is 167 Å². The number of hydrogen-bond acceptors (Lipinski definition) is 3. The lowest BCUT2D eigenvalue weighted by Crippen LogP contribution is -2.38. The Balaban J connectivity index is 2.54. The molecule has 0 spiro atoms. The molecule has 0 heterocycles. The van der Waals surface area contributed by atoms with Crippen molar-refractivity contribution in [2.24, 2.45) is 11.1 Å². The predicted octanol–water partition coefficient (Wildman–Crippen LogP) is 5.82. The van der Waals surface area contributed by atoms with E-state index in [1.165, 1.54) is 24.2 Å². The van der Waals surface area contributed by atoms with Crippen LogP contribution in [0.3, 0.4) is 0 Å². The molecule has 0 fully saturated rings. The van der Waals surface area contributed by atoms with Crippen LogP contribution in [0.2, 0.25) is 0 Å². The highest BCUT2D eigenvalue weighted by Crippen LogP contribution is 2.18. The van der Waals surface area contributed by atoms with Gasteiger partial charge in [-0.1, -0.05) is 56.5 Å². The van der Waals surface area contributed by atoms with Gasteiger partial charge in [-0.15, -0.1) is 23.2 Å². The first-order chi connectivity index (χ1) is 12.6. The number of amides is 1. The number of halogens is 2. The number of benzene rings is 1. The van der Waals surface area contributed by atoms with E-state index < -0.39 is 5.38 Å². The fourth-order valence-electron chi connectivity index (χ4n) is 2.49. The van der Waals surface area contributed by atoms with Crippen molar-refractivity contribution in [1.82, 2.24) is 0 Å². The highest BCUT2D eigenvalue weighted by molar-refractivity contribution is 6.32. The van der Waals surface area contributed by atoms with Crippen molar-refractivity contribution in [3.05, 3.63) is 30.3 Å². The van der Waals surface area contributed by atoms with E-state index in [2.05, 4.69) is 12.1 Å². The Bertz CT molecular complexity index is 526. The number of anilines is 1. The van der Waals surface area contributed by atoms with E-state index in [0.717, 1.165) is 18.5 Å². The van der Waals surface area contributed by atoms with Gasteiger partial charge < -0.3 is 4.84 Å². The summed E-state index contributed by atoms with van der Waals surface area (Å²) in [5, 5.41) is 3.42. The van der Waals surface area contributed by atoms with Gasteiger partial charge in [0.1, 0.15) is 5.38 Å². The topological polar surface area (TPSA) is 41.9 Å². The summed E-state index contributed by atoms with van der Waals surface area (Å²) in [4.78, 5) is 19.4. The van der Waals surface area contributed by atoms with E-state index in [4.69, 9.17) is 28.0 Å². The highest BCUT2D eigenvalue weighted by atomic mass is 35.5. The van der Waals surface area contributed by atoms with E-state index in [1.807, 2.05) is 37.3 Å². The van der Waals surface area contributed by atoms with Gasteiger partial charge in [0.2, 0.25) is 5.91 Å². The van der Waals surface area contributed by atoms with Crippen LogP contribution in [0, 0.1) is 5.92 Å². The second kappa shape index (κ2) is 13.9. The molecule has 0 N–H and O–H groups in total. The molecule has 6 heteroatoms. The van der Waals surface area contributed by atoms with E-state index in [1.54, 1.807) is 6.21 Å². The van der Waals surface area contributed by atoms with E-state index in [9.17, 15) is 4.79 Å². The van der Waals surface area contributed by atoms with Crippen LogP contribution >= 0.6 is 23.2 Å². The van der Waals surface area contributed by atoms with Crippen LogP contribution in [-0.2, 0) is 9.63 Å². The van der Waals surface area contributed by atoms with Gasteiger partial charge in [0.05, 0.1) is 0 Å². The van der Waals surface area contributed by atoms with Gasteiger partial charge in [-0.2, -0.15) is 0 Å². The monoisotopic (exact) mass is 400 g/mol. The highest BCUT2D eigenvalue weighted by Gasteiger charge is 2.22. The van der Waals surface area contributed by atoms with E-state index in [-0.39, 0.29) is 12.6 Å². The maximum atomic E-state index is 12.5. The average molecular weight is 401 g/mol. The Morgan fingerprint density at radius 1 is 1.27 bits per heavy atom. The molecule has 0 aliphatic rings. The predicted molar refractivity (Wildman–Crippen MR) is 111 cm³/mol. The molecule has 0 aliphatic carbocycles. The first-order valence-corrected chi connectivity index (χ1v) is 10.3. The minimum Gasteiger partial charge on any atom is -0.374 e. The van der Waals surface area contributed by atoms with Crippen LogP contribution in [0.15, 0.2) is 35.5 Å². The van der Waals surface area contributed by atoms with Crippen molar-refractivity contribution >= 4 is 41.0 Å². The minimum absolute atomic E-state index is 0.0317. The third kappa shape index (κ3) is 8.41. The van der Waals surface area contributed by atoms with Gasteiger partial charge >= 0.3 is 0 Å². The molecular formula is C20H30Cl2N2O2. The zero-order valence-corrected chi connectivity index (χ0v) is 17.3. The molecule has 2 atom stereocenters. The van der Waals surface area contributed by atoms with Gasteiger partial charge in [0.15, 0.2) is 6.73 Å². The molecule has 2 unspecified atom stereocenters. The molecule has 26 heavy (non-hydrogen) atoms. The zero-order valence-electron chi connectivity index (χ0n) is 15.7. The molecule has 0 radical (unpaired) electrons. The molecular weight excluding hydrogens is 371 g/mol. The SMILES string of the molecule is CCCCCC(CCl)CC=NOCN(C(=O)C(Cl)CC)c1ccccc1. The maximum absolute atomic E-state index is 12.5. The standard InChI is InChI=1S/C20H30Cl2N2O2/c1-3-5-7-10-17(15-21)13-14-23-26-16-24(20(25)19(22)4-2)18-11-8-6-9-12-18/h6,8-9,11-12,14,17,19H,3-5,7,10,13,15-16H2,1-2H3. The zero-order chi connectivity index (χ0) is 19.2. The molecule has 0 saturated carbocycles. The van der Waals surface area contributed by atoms with Gasteiger partial charge in [-0.3, -0.25) is 9.69 Å². The molecule has 1 aromatic carbocycles. The molecule has 4 nitrogen and oxygen atoms in total. The lowest BCUT2D eigenvalue weighted by atomic mass is 10.0. The molecule has 0 saturated heterocycles. The second-order valence-electron chi connectivity index (χ2n) is 6.28. The number of carbonyl (C=O) groups excluding carboxylic acids is 1. The van der Waals surface area contributed by atoms with Gasteiger partial charge in [-0.05, 0) is 37.3 Å². The van der Waals surface area contributed by atoms with Crippen molar-refractivity contribution in [3.63, 3.8) is 0 Å². The van der Waals surface area contributed by atoms with Crippen LogP contribution in [-0.4, -0.2) is 30.1 Å². The molecule has 1 aromatic rings. The molecule has 1 rings (SSSR count). The lowest BCUT2D eigenvalue weighted by Gasteiger charge is -2.23. The summed E-state index contributed by atoms with van der Waals surface area (Å²) in [6, 6.07) is 9.34. The number of hydrogen-bond donors (Lipinski definition) is 0. The molecule has 146 valence electrons. The lowest BCUT2D eigenvalue weighted by molar-refractivity contribution is -0.119. The summed E-state index contributed by atoms with van der Waals surface area (Å²) in [6.07, 6.45) is 7.79. The second-order valence-corrected chi connectivity index (χ2v) is 7.11. The van der Waals surface area contributed by atoms with Gasteiger partial charge in [0.25, 0.3) is 0 Å². The quantitative estimate of drug-likeness (QED) is 0.137. The number of para-hydroxylation sites is 1. The Morgan fingerprint density at radius 2 is 2.00 bits per heavy atom. The Hall–Kier alpha value is -1.26. The Kier molecular flexibility index (Phi) is 12.2. The Morgan fingerprint density at radius 3 is 2.62 bits per heavy atom. The largest absolute Gasteiger partial charge is 0.374 e. The summed E-state index contributed by atoms with van der Waals surface area (Å²) in [7, 11) is 0. The van der Waals surface area contributed by atoms with Crippen LogP contribution in [0.4, 0.5) is 5.69 Å². The van der Waals surface area contributed by atoms with Crippen LogP contribution in [0.5, 0.6) is 0 Å². The van der Waals surface area contributed by atoms with Gasteiger partial charge in [0, 0.05) is 17.8 Å². The van der Waals surface area contributed by atoms with Crippen LogP contribution in [0.25, 0.3) is 0 Å². The fourth-order valence-corrected chi connectivity index (χ4v) is 2.89. The normalized spacial score (nSPS) is 13.5. The van der Waals surface area contributed by atoms with Crippen molar-refractivity contribution in [2.75, 3.05) is 17.5 Å². The smallest absolute Gasteiger partial charge is 0.247 e. The summed E-state index contributed by atoms with van der Waals surface area (Å²) in [5.74, 6) is 0.845. The minimum atomic E-state index is -0.581. The fraction of sp³-hybridized carbons (Fsp3) is 0.600. The third-order valence-corrected chi connectivity index (χ3v) is 5.10. The summed E-state index contributed by atoms with van der Waals surface area (Å²) >= 11 is 12.1. The first-order valence-electron chi connectivity index (χ1n) is 9.34. The number of alkyl halides is 2. The van der Waals surface area contributed by atoms with Crippen LogP contribution < -0.4 is 4.90 Å². The van der Waals surface area contributed by atoms with Gasteiger partial charge in [-0.25, -0.2) is 0 Å². The summed E-state index contributed by atoms with van der Waals surface area (Å²) in [6.45, 7) is 4.10. The van der Waals surface area contributed by atoms with Crippen LogP contribution in [0.1, 0.15) is 52.4 Å².